The first kappa shape index (κ1) is 17.0. The van der Waals surface area contributed by atoms with Crippen LogP contribution in [-0.2, 0) is 0 Å². The van der Waals surface area contributed by atoms with Crippen LogP contribution in [0.2, 0.25) is 0 Å². The minimum Gasteiger partial charge on any atom is -0.330 e. The minimum absolute atomic E-state index is 0.161. The van der Waals surface area contributed by atoms with E-state index in [1.807, 2.05) is 12.1 Å². The highest BCUT2D eigenvalue weighted by molar-refractivity contribution is 8.27. The van der Waals surface area contributed by atoms with Gasteiger partial charge in [-0.25, -0.2) is 8.70 Å². The Hall–Kier alpha value is -1.80. The summed E-state index contributed by atoms with van der Waals surface area (Å²) in [5.41, 5.74) is 7.75. The van der Waals surface area contributed by atoms with Crippen LogP contribution in [0.25, 0.3) is 0 Å². The average molecular weight is 351 g/mol. The number of benzene rings is 2. The molecule has 1 aliphatic heterocycles. The summed E-state index contributed by atoms with van der Waals surface area (Å²) >= 11 is 0. The van der Waals surface area contributed by atoms with Crippen LogP contribution < -0.4 is 14.3 Å². The largest absolute Gasteiger partial charge is 0.330 e. The maximum absolute atomic E-state index is 14.5. The van der Waals surface area contributed by atoms with Gasteiger partial charge in [-0.3, -0.25) is 13.4 Å². The summed E-state index contributed by atoms with van der Waals surface area (Å²) in [6.45, 7) is 2.79. The van der Waals surface area contributed by atoms with E-state index in [0.717, 1.165) is 18.4 Å². The van der Waals surface area contributed by atoms with Crippen LogP contribution in [-0.4, -0.2) is 22.2 Å². The normalized spacial score (nSPS) is 17.0. The lowest BCUT2D eigenvalue weighted by atomic mass is 10.2. The van der Waals surface area contributed by atoms with Crippen LogP contribution in [0.1, 0.15) is 18.4 Å². The molecule has 0 unspecified atom stereocenters. The number of halogens is 1. The van der Waals surface area contributed by atoms with Gasteiger partial charge in [0.15, 0.2) is 0 Å². The van der Waals surface area contributed by atoms with Crippen molar-refractivity contribution in [1.29, 1.82) is 0 Å². The van der Waals surface area contributed by atoms with E-state index in [9.17, 15) is 13.5 Å². The van der Waals surface area contributed by atoms with Gasteiger partial charge in [0.05, 0.1) is 11.4 Å². The van der Waals surface area contributed by atoms with Crippen molar-refractivity contribution in [1.82, 2.24) is 0 Å². The molecule has 0 fully saturated rings. The SMILES string of the molecule is Cc1ccc(N2c3ccccc3N(CCCCN)S2(O)O)c(F)c1. The van der Waals surface area contributed by atoms with Gasteiger partial charge in [-0.05, 0) is 67.1 Å². The van der Waals surface area contributed by atoms with E-state index in [2.05, 4.69) is 0 Å². The standard InChI is InChI=1S/C17H22FN3O2S/c1-13-8-9-15(14(18)12-13)21-17-7-3-2-6-16(17)20(24(21,22)23)11-5-4-10-19/h2-3,6-9,12,22-23H,4-5,10-11,19H2,1H3. The van der Waals surface area contributed by atoms with Gasteiger partial charge in [0.25, 0.3) is 0 Å². The molecule has 0 amide bonds. The topological polar surface area (TPSA) is 73.0 Å². The lowest BCUT2D eigenvalue weighted by Gasteiger charge is -2.43. The van der Waals surface area contributed by atoms with Crippen LogP contribution in [0.3, 0.4) is 0 Å². The molecule has 2 aromatic rings. The second-order valence-corrected chi connectivity index (χ2v) is 7.61. The Kier molecular flexibility index (Phi) is 4.69. The van der Waals surface area contributed by atoms with E-state index in [1.54, 1.807) is 35.5 Å². The predicted molar refractivity (Wildman–Crippen MR) is 98.2 cm³/mol. The molecule has 4 N–H and O–H groups in total. The molecule has 2 aromatic carbocycles. The number of hydrogen-bond donors (Lipinski definition) is 3. The Bertz CT molecular complexity index is 742. The first-order valence-corrected chi connectivity index (χ1v) is 9.34. The van der Waals surface area contributed by atoms with Crippen molar-refractivity contribution in [2.75, 3.05) is 21.7 Å². The highest BCUT2D eigenvalue weighted by Crippen LogP contribution is 2.64. The summed E-state index contributed by atoms with van der Waals surface area (Å²) in [5.74, 6) is -0.478. The van der Waals surface area contributed by atoms with Crippen LogP contribution in [0.5, 0.6) is 0 Å². The predicted octanol–water partition coefficient (Wildman–Crippen LogP) is 4.41. The molecule has 0 saturated carbocycles. The Morgan fingerprint density at radius 3 is 2.42 bits per heavy atom. The summed E-state index contributed by atoms with van der Waals surface area (Å²) < 4.78 is 39.1. The fourth-order valence-corrected chi connectivity index (χ4v) is 4.71. The Morgan fingerprint density at radius 1 is 1.04 bits per heavy atom. The number of hydrogen-bond acceptors (Lipinski definition) is 5. The maximum atomic E-state index is 14.5. The zero-order valence-electron chi connectivity index (χ0n) is 13.5. The molecular weight excluding hydrogens is 329 g/mol. The van der Waals surface area contributed by atoms with Gasteiger partial charge in [-0.1, -0.05) is 18.2 Å². The molecule has 1 heterocycles. The van der Waals surface area contributed by atoms with Gasteiger partial charge >= 0.3 is 0 Å². The summed E-state index contributed by atoms with van der Waals surface area (Å²) in [7, 11) is -3.37. The summed E-state index contributed by atoms with van der Waals surface area (Å²) in [6, 6.07) is 12.0. The van der Waals surface area contributed by atoms with Crippen molar-refractivity contribution in [3.63, 3.8) is 0 Å². The number of rotatable bonds is 5. The van der Waals surface area contributed by atoms with Gasteiger partial charge in [-0.15, -0.1) is 0 Å². The molecule has 7 heteroatoms. The first-order chi connectivity index (χ1) is 11.5. The molecule has 130 valence electrons. The molecule has 0 radical (unpaired) electrons. The highest BCUT2D eigenvalue weighted by Gasteiger charge is 2.42. The molecule has 0 spiro atoms. The van der Waals surface area contributed by atoms with Gasteiger partial charge < -0.3 is 5.73 Å². The van der Waals surface area contributed by atoms with Crippen molar-refractivity contribution >= 4 is 28.0 Å². The molecular formula is C17H22FN3O2S. The Morgan fingerprint density at radius 2 is 1.75 bits per heavy atom. The van der Waals surface area contributed by atoms with E-state index >= 15 is 0 Å². The number of para-hydroxylation sites is 2. The first-order valence-electron chi connectivity index (χ1n) is 7.88. The Balaban J connectivity index is 2.06. The second kappa shape index (κ2) is 6.60. The fraction of sp³-hybridized carbons (Fsp3) is 0.294. The summed E-state index contributed by atoms with van der Waals surface area (Å²) in [5, 5.41) is 0. The van der Waals surface area contributed by atoms with E-state index < -0.39 is 16.8 Å². The van der Waals surface area contributed by atoms with E-state index in [4.69, 9.17) is 5.73 Å². The van der Waals surface area contributed by atoms with Crippen molar-refractivity contribution in [2.45, 2.75) is 19.8 Å². The lowest BCUT2D eigenvalue weighted by molar-refractivity contribution is 0.482. The number of nitrogens with two attached hydrogens (primary N) is 1. The average Bonchev–Trinajstić information content (AvgIpc) is 2.76. The quantitative estimate of drug-likeness (QED) is 0.696. The van der Waals surface area contributed by atoms with E-state index in [0.29, 0.717) is 24.5 Å². The van der Waals surface area contributed by atoms with E-state index in [1.165, 1.54) is 10.4 Å². The van der Waals surface area contributed by atoms with E-state index in [-0.39, 0.29) is 5.69 Å². The zero-order chi connectivity index (χ0) is 17.3. The molecule has 5 nitrogen and oxygen atoms in total. The molecule has 3 rings (SSSR count). The molecule has 0 atom stereocenters. The maximum Gasteiger partial charge on any atom is 0.148 e. The highest BCUT2D eigenvalue weighted by atomic mass is 32.3. The molecule has 1 aliphatic rings. The fourth-order valence-electron chi connectivity index (χ4n) is 2.89. The number of anilines is 3. The smallest absolute Gasteiger partial charge is 0.148 e. The number of unbranched alkanes of at least 4 members (excludes halogenated alkanes) is 1. The molecule has 24 heavy (non-hydrogen) atoms. The minimum atomic E-state index is -3.37. The summed E-state index contributed by atoms with van der Waals surface area (Å²) in [6.07, 6.45) is 1.51. The van der Waals surface area contributed by atoms with Crippen molar-refractivity contribution in [3.05, 3.63) is 53.8 Å². The van der Waals surface area contributed by atoms with Gasteiger partial charge in [0.1, 0.15) is 11.5 Å². The van der Waals surface area contributed by atoms with Crippen molar-refractivity contribution in [3.8, 4) is 0 Å². The van der Waals surface area contributed by atoms with Gasteiger partial charge in [-0.2, -0.15) is 0 Å². The third-order valence-corrected chi connectivity index (χ3v) is 5.90. The molecule has 0 saturated heterocycles. The summed E-state index contributed by atoms with van der Waals surface area (Å²) in [4.78, 5) is 0. The Labute approximate surface area is 143 Å². The lowest BCUT2D eigenvalue weighted by Crippen LogP contribution is -2.32. The second-order valence-electron chi connectivity index (χ2n) is 5.83. The monoisotopic (exact) mass is 351 g/mol. The molecule has 0 aliphatic carbocycles. The third kappa shape index (κ3) is 2.84. The van der Waals surface area contributed by atoms with Gasteiger partial charge in [0, 0.05) is 6.54 Å². The van der Waals surface area contributed by atoms with Gasteiger partial charge in [0.2, 0.25) is 0 Å². The zero-order valence-corrected chi connectivity index (χ0v) is 14.3. The molecule has 0 aromatic heterocycles. The van der Waals surface area contributed by atoms with Crippen LogP contribution in [0.4, 0.5) is 21.5 Å². The van der Waals surface area contributed by atoms with Crippen molar-refractivity contribution < 1.29 is 13.5 Å². The number of fused-ring (bicyclic) bond motifs is 1. The van der Waals surface area contributed by atoms with Crippen molar-refractivity contribution in [2.24, 2.45) is 5.73 Å². The molecule has 0 bridgehead atoms. The third-order valence-electron chi connectivity index (χ3n) is 4.05. The number of nitrogens with zero attached hydrogens (tertiary/aromatic N) is 2. The van der Waals surface area contributed by atoms with Crippen LogP contribution in [0, 0.1) is 12.7 Å². The number of aryl methyl sites for hydroxylation is 1. The van der Waals surface area contributed by atoms with Crippen LogP contribution >= 0.6 is 11.0 Å². The van der Waals surface area contributed by atoms with Crippen LogP contribution in [0.15, 0.2) is 42.5 Å².